The number of anilines is 1. The Bertz CT molecular complexity index is 1620. The summed E-state index contributed by atoms with van der Waals surface area (Å²) in [6.07, 6.45) is 0.902. The molecule has 0 spiro atoms. The van der Waals surface area contributed by atoms with E-state index in [-0.39, 0.29) is 11.5 Å². The Morgan fingerprint density at radius 3 is 2.64 bits per heavy atom. The first kappa shape index (κ1) is 23.1. The van der Waals surface area contributed by atoms with Crippen molar-refractivity contribution in [2.24, 2.45) is 0 Å². The maximum absolute atomic E-state index is 14.4. The van der Waals surface area contributed by atoms with E-state index in [9.17, 15) is 13.6 Å². The van der Waals surface area contributed by atoms with E-state index in [4.69, 9.17) is 9.47 Å². The van der Waals surface area contributed by atoms with E-state index in [0.29, 0.717) is 39.3 Å². The number of fused-ring (bicyclic) bond motifs is 2. The van der Waals surface area contributed by atoms with E-state index >= 15 is 0 Å². The molecule has 36 heavy (non-hydrogen) atoms. The number of amides is 1. The van der Waals surface area contributed by atoms with Gasteiger partial charge in [0.15, 0.2) is 17.4 Å². The SMILES string of the molecule is Cc1nnc2c(NC(=O)OC(C)(C)C)cc(-c3cc4[nH]ncc4cc3Oc3ccc(F)cc3F)nn12. The Morgan fingerprint density at radius 2 is 1.89 bits per heavy atom. The molecule has 5 rings (SSSR count). The summed E-state index contributed by atoms with van der Waals surface area (Å²) in [6.45, 7) is 6.95. The number of carbonyl (C=O) groups excluding carboxylic acids is 1. The summed E-state index contributed by atoms with van der Waals surface area (Å²) < 4.78 is 40.5. The van der Waals surface area contributed by atoms with Crippen LogP contribution >= 0.6 is 0 Å². The van der Waals surface area contributed by atoms with E-state index in [1.807, 2.05) is 0 Å². The average molecular weight is 493 g/mol. The van der Waals surface area contributed by atoms with Gasteiger partial charge in [0.2, 0.25) is 5.65 Å². The summed E-state index contributed by atoms with van der Waals surface area (Å²) in [5.74, 6) is -1.06. The molecular formula is C24H21F2N7O3. The fourth-order valence-electron chi connectivity index (χ4n) is 3.55. The quantitative estimate of drug-likeness (QED) is 0.344. The van der Waals surface area contributed by atoms with Gasteiger partial charge in [0.25, 0.3) is 0 Å². The van der Waals surface area contributed by atoms with Gasteiger partial charge in [-0.15, -0.1) is 10.2 Å². The second kappa shape index (κ2) is 8.56. The molecule has 12 heteroatoms. The first-order chi connectivity index (χ1) is 17.1. The topological polar surface area (TPSA) is 119 Å². The zero-order valence-corrected chi connectivity index (χ0v) is 19.8. The Hall–Kier alpha value is -4.61. The van der Waals surface area contributed by atoms with Gasteiger partial charge >= 0.3 is 6.09 Å². The van der Waals surface area contributed by atoms with Crippen LogP contribution in [0.3, 0.4) is 0 Å². The molecule has 2 N–H and O–H groups in total. The van der Waals surface area contributed by atoms with Crippen LogP contribution in [0.25, 0.3) is 27.8 Å². The lowest BCUT2D eigenvalue weighted by Gasteiger charge is -2.20. The third-order valence-corrected chi connectivity index (χ3v) is 5.09. The molecule has 0 fully saturated rings. The highest BCUT2D eigenvalue weighted by Crippen LogP contribution is 2.37. The van der Waals surface area contributed by atoms with Gasteiger partial charge in [-0.05, 0) is 58.0 Å². The van der Waals surface area contributed by atoms with Gasteiger partial charge in [-0.1, -0.05) is 0 Å². The smallest absolute Gasteiger partial charge is 0.412 e. The highest BCUT2D eigenvalue weighted by molar-refractivity contribution is 5.92. The maximum atomic E-state index is 14.4. The number of carbonyl (C=O) groups is 1. The van der Waals surface area contributed by atoms with Gasteiger partial charge in [-0.3, -0.25) is 10.4 Å². The molecule has 0 aliphatic carbocycles. The van der Waals surface area contributed by atoms with Crippen LogP contribution in [-0.4, -0.2) is 41.7 Å². The van der Waals surface area contributed by atoms with Gasteiger partial charge in [0.1, 0.15) is 17.2 Å². The summed E-state index contributed by atoms with van der Waals surface area (Å²) >= 11 is 0. The molecule has 0 saturated carbocycles. The van der Waals surface area contributed by atoms with Gasteiger partial charge < -0.3 is 9.47 Å². The highest BCUT2D eigenvalue weighted by atomic mass is 19.1. The van der Waals surface area contributed by atoms with Crippen molar-refractivity contribution in [2.75, 3.05) is 5.32 Å². The van der Waals surface area contributed by atoms with Crippen LogP contribution in [0.4, 0.5) is 19.3 Å². The minimum absolute atomic E-state index is 0.172. The molecule has 0 unspecified atom stereocenters. The lowest BCUT2D eigenvalue weighted by atomic mass is 10.1. The molecule has 2 aromatic carbocycles. The van der Waals surface area contributed by atoms with Crippen molar-refractivity contribution in [2.45, 2.75) is 33.3 Å². The van der Waals surface area contributed by atoms with Crippen molar-refractivity contribution in [1.29, 1.82) is 0 Å². The fraction of sp³-hybridized carbons (Fsp3) is 0.208. The van der Waals surface area contributed by atoms with Crippen molar-refractivity contribution in [3.63, 3.8) is 0 Å². The van der Waals surface area contributed by atoms with Crippen LogP contribution in [0.2, 0.25) is 0 Å². The molecule has 0 aliphatic heterocycles. The van der Waals surface area contributed by atoms with Crippen LogP contribution in [0.1, 0.15) is 26.6 Å². The molecule has 3 heterocycles. The molecule has 10 nitrogen and oxygen atoms in total. The van der Waals surface area contributed by atoms with Crippen molar-refractivity contribution >= 4 is 28.3 Å². The zero-order valence-electron chi connectivity index (χ0n) is 19.8. The molecule has 0 aliphatic rings. The Balaban J connectivity index is 1.65. The standard InChI is InChI=1S/C24H21F2N7O3/c1-12-29-31-22-19(28-23(34)36-24(2,3)4)10-18(32-33(12)22)15-9-17-13(11-27-30-17)7-21(15)35-20-6-5-14(25)8-16(20)26/h5-11H,1-4H3,(H,27,30)(H,28,34). The van der Waals surface area contributed by atoms with Crippen LogP contribution in [-0.2, 0) is 4.74 Å². The number of hydrogen-bond acceptors (Lipinski definition) is 7. The minimum Gasteiger partial charge on any atom is -0.454 e. The molecule has 0 bridgehead atoms. The minimum atomic E-state index is -0.862. The molecule has 5 aromatic rings. The van der Waals surface area contributed by atoms with E-state index in [1.54, 1.807) is 52.1 Å². The third-order valence-electron chi connectivity index (χ3n) is 5.09. The molecule has 0 atom stereocenters. The Kier molecular flexibility index (Phi) is 5.50. The second-order valence-electron chi connectivity index (χ2n) is 9.04. The number of rotatable bonds is 4. The lowest BCUT2D eigenvalue weighted by Crippen LogP contribution is -2.27. The van der Waals surface area contributed by atoms with Crippen molar-refractivity contribution in [1.82, 2.24) is 30.0 Å². The first-order valence-electron chi connectivity index (χ1n) is 10.9. The predicted octanol–water partition coefficient (Wildman–Crippen LogP) is 5.39. The molecule has 3 aromatic heterocycles. The van der Waals surface area contributed by atoms with E-state index in [2.05, 4.69) is 30.8 Å². The molecule has 0 radical (unpaired) electrons. The van der Waals surface area contributed by atoms with Crippen LogP contribution in [0.15, 0.2) is 42.6 Å². The Morgan fingerprint density at radius 1 is 1.08 bits per heavy atom. The molecule has 0 saturated heterocycles. The van der Waals surface area contributed by atoms with Crippen molar-refractivity contribution in [3.8, 4) is 22.8 Å². The summed E-state index contributed by atoms with van der Waals surface area (Å²) in [5.41, 5.74) is 1.34. The first-order valence-corrected chi connectivity index (χ1v) is 10.9. The third kappa shape index (κ3) is 4.52. The monoisotopic (exact) mass is 493 g/mol. The lowest BCUT2D eigenvalue weighted by molar-refractivity contribution is 0.0636. The fourth-order valence-corrected chi connectivity index (χ4v) is 3.55. The number of nitrogens with zero attached hydrogens (tertiary/aromatic N) is 5. The summed E-state index contributed by atoms with van der Waals surface area (Å²) in [7, 11) is 0. The number of aromatic amines is 1. The molecular weight excluding hydrogens is 472 g/mol. The zero-order chi connectivity index (χ0) is 25.6. The van der Waals surface area contributed by atoms with Crippen molar-refractivity contribution < 1.29 is 23.0 Å². The van der Waals surface area contributed by atoms with E-state index in [1.165, 1.54) is 10.6 Å². The number of aryl methyl sites for hydroxylation is 1. The van der Waals surface area contributed by atoms with E-state index in [0.717, 1.165) is 12.1 Å². The summed E-state index contributed by atoms with van der Waals surface area (Å²) in [6, 6.07) is 8.00. The maximum Gasteiger partial charge on any atom is 0.412 e. The normalized spacial score (nSPS) is 11.7. The highest BCUT2D eigenvalue weighted by Gasteiger charge is 2.21. The van der Waals surface area contributed by atoms with Gasteiger partial charge in [-0.2, -0.15) is 14.7 Å². The summed E-state index contributed by atoms with van der Waals surface area (Å²) in [4.78, 5) is 12.5. The van der Waals surface area contributed by atoms with Gasteiger partial charge in [0, 0.05) is 17.0 Å². The number of H-pyrrole nitrogens is 1. The molecule has 184 valence electrons. The predicted molar refractivity (Wildman–Crippen MR) is 127 cm³/mol. The number of aromatic nitrogens is 6. The number of halogens is 2. The van der Waals surface area contributed by atoms with Gasteiger partial charge in [-0.25, -0.2) is 13.6 Å². The molecule has 1 amide bonds. The Labute approximate surface area is 203 Å². The largest absolute Gasteiger partial charge is 0.454 e. The van der Waals surface area contributed by atoms with Crippen LogP contribution in [0, 0.1) is 18.6 Å². The van der Waals surface area contributed by atoms with Crippen molar-refractivity contribution in [3.05, 3.63) is 60.1 Å². The van der Waals surface area contributed by atoms with Gasteiger partial charge in [0.05, 0.1) is 23.1 Å². The summed E-state index contributed by atoms with van der Waals surface area (Å²) in [5, 5.41) is 23.1. The number of benzene rings is 2. The average Bonchev–Trinajstić information content (AvgIpc) is 3.40. The van der Waals surface area contributed by atoms with E-state index < -0.39 is 23.3 Å². The second-order valence-corrected chi connectivity index (χ2v) is 9.04. The number of ether oxygens (including phenoxy) is 2. The number of hydrogen-bond donors (Lipinski definition) is 2. The number of nitrogens with one attached hydrogen (secondary N) is 2. The van der Waals surface area contributed by atoms with Crippen LogP contribution in [0.5, 0.6) is 11.5 Å². The van der Waals surface area contributed by atoms with Crippen LogP contribution < -0.4 is 10.1 Å².